The molecule has 28 heavy (non-hydrogen) atoms. The number of thiazole rings is 1. The summed E-state index contributed by atoms with van der Waals surface area (Å²) in [6.07, 6.45) is 0. The molecule has 0 radical (unpaired) electrons. The number of hydrogen-bond acceptors (Lipinski definition) is 4. The number of aromatic nitrogens is 1. The van der Waals surface area contributed by atoms with Crippen molar-refractivity contribution in [3.8, 4) is 11.5 Å². The van der Waals surface area contributed by atoms with Gasteiger partial charge in [-0.1, -0.05) is 47.7 Å². The normalized spacial score (nSPS) is 14.0. The Kier molecular flexibility index (Phi) is 4.13. The molecular formula is C22H18N2O3S. The van der Waals surface area contributed by atoms with Crippen molar-refractivity contribution >= 4 is 38.2 Å². The van der Waals surface area contributed by atoms with E-state index >= 15 is 0 Å². The fourth-order valence-corrected chi connectivity index (χ4v) is 4.66. The topological polar surface area (TPSA) is 52.8 Å². The molecule has 3 aromatic carbocycles. The molecule has 0 saturated heterocycles. The lowest BCUT2D eigenvalue weighted by atomic mass is 10.0. The van der Waals surface area contributed by atoms with Crippen LogP contribution >= 0.6 is 11.3 Å². The molecule has 1 aliphatic heterocycles. The molecule has 5 rings (SSSR count). The lowest BCUT2D eigenvalue weighted by molar-refractivity contribution is 0.0999. The molecule has 0 bridgehead atoms. The quantitative estimate of drug-likeness (QED) is 0.510. The molecule has 1 amide bonds. The van der Waals surface area contributed by atoms with Crippen LogP contribution in [0.25, 0.3) is 21.0 Å². The summed E-state index contributed by atoms with van der Waals surface area (Å²) in [4.78, 5) is 18.2. The molecule has 0 unspecified atom stereocenters. The van der Waals surface area contributed by atoms with Gasteiger partial charge in [-0.3, -0.25) is 4.79 Å². The van der Waals surface area contributed by atoms with Gasteiger partial charge in [-0.25, -0.2) is 0 Å². The van der Waals surface area contributed by atoms with Gasteiger partial charge in [0.25, 0.3) is 5.91 Å². The van der Waals surface area contributed by atoms with E-state index in [2.05, 4.69) is 4.99 Å². The molecule has 0 aliphatic carbocycles. The summed E-state index contributed by atoms with van der Waals surface area (Å²) in [5.74, 6) is 1.25. The Morgan fingerprint density at radius 1 is 1.07 bits per heavy atom. The lowest BCUT2D eigenvalue weighted by Gasteiger charge is -2.18. The predicted molar refractivity (Wildman–Crippen MR) is 110 cm³/mol. The summed E-state index contributed by atoms with van der Waals surface area (Å²) in [6, 6.07) is 17.5. The Labute approximate surface area is 165 Å². The van der Waals surface area contributed by atoms with Crippen molar-refractivity contribution < 1.29 is 14.3 Å². The Balaban J connectivity index is 1.67. The third-order valence-electron chi connectivity index (χ3n) is 4.88. The highest BCUT2D eigenvalue weighted by Crippen LogP contribution is 2.35. The van der Waals surface area contributed by atoms with Crippen molar-refractivity contribution in [3.05, 3.63) is 65.0 Å². The lowest BCUT2D eigenvalue weighted by Crippen LogP contribution is -2.17. The van der Waals surface area contributed by atoms with Crippen LogP contribution in [0.2, 0.25) is 0 Å². The molecule has 1 aliphatic rings. The minimum absolute atomic E-state index is 0.234. The van der Waals surface area contributed by atoms with Crippen LogP contribution in [-0.4, -0.2) is 23.7 Å². The highest BCUT2D eigenvalue weighted by Gasteiger charge is 2.17. The van der Waals surface area contributed by atoms with Gasteiger partial charge < -0.3 is 14.0 Å². The van der Waals surface area contributed by atoms with Crippen LogP contribution < -0.4 is 14.3 Å². The van der Waals surface area contributed by atoms with E-state index in [1.54, 1.807) is 0 Å². The van der Waals surface area contributed by atoms with E-state index in [1.165, 1.54) is 11.3 Å². The van der Waals surface area contributed by atoms with E-state index in [4.69, 9.17) is 9.47 Å². The molecule has 2 heterocycles. The number of carbonyl (C=O) groups excluding carboxylic acids is 1. The summed E-state index contributed by atoms with van der Waals surface area (Å²) in [6.45, 7) is 3.85. The van der Waals surface area contributed by atoms with Gasteiger partial charge in [0.05, 0.1) is 10.2 Å². The van der Waals surface area contributed by atoms with Gasteiger partial charge in [0, 0.05) is 24.2 Å². The van der Waals surface area contributed by atoms with Crippen LogP contribution in [-0.2, 0) is 6.54 Å². The van der Waals surface area contributed by atoms with E-state index in [-0.39, 0.29) is 5.91 Å². The molecule has 0 spiro atoms. The van der Waals surface area contributed by atoms with Gasteiger partial charge in [0.2, 0.25) is 0 Å². The Bertz CT molecular complexity index is 1280. The first-order chi connectivity index (χ1) is 13.7. The fraction of sp³-hybridized carbons (Fsp3) is 0.182. The van der Waals surface area contributed by atoms with Gasteiger partial charge in [-0.15, -0.1) is 0 Å². The summed E-state index contributed by atoms with van der Waals surface area (Å²) in [5, 5.41) is 1.95. The van der Waals surface area contributed by atoms with Gasteiger partial charge in [-0.05, 0) is 23.8 Å². The zero-order valence-electron chi connectivity index (χ0n) is 15.3. The smallest absolute Gasteiger partial charge is 0.280 e. The second kappa shape index (κ2) is 6.80. The zero-order valence-corrected chi connectivity index (χ0v) is 16.2. The van der Waals surface area contributed by atoms with E-state index in [0.29, 0.717) is 30.1 Å². The van der Waals surface area contributed by atoms with E-state index < -0.39 is 0 Å². The second-order valence-electron chi connectivity index (χ2n) is 6.54. The van der Waals surface area contributed by atoms with Crippen molar-refractivity contribution in [1.29, 1.82) is 0 Å². The fourth-order valence-electron chi connectivity index (χ4n) is 3.56. The van der Waals surface area contributed by atoms with Crippen LogP contribution in [0.3, 0.4) is 0 Å². The number of fused-ring (bicyclic) bond motifs is 3. The number of benzene rings is 3. The monoisotopic (exact) mass is 390 g/mol. The molecule has 140 valence electrons. The minimum Gasteiger partial charge on any atom is -0.486 e. The molecule has 0 N–H and O–H groups in total. The van der Waals surface area contributed by atoms with Crippen molar-refractivity contribution in [2.24, 2.45) is 4.99 Å². The van der Waals surface area contributed by atoms with E-state index in [0.717, 1.165) is 32.5 Å². The van der Waals surface area contributed by atoms with Crippen molar-refractivity contribution in [2.45, 2.75) is 13.5 Å². The average molecular weight is 390 g/mol. The summed E-state index contributed by atoms with van der Waals surface area (Å²) in [5.41, 5.74) is 1.62. The Morgan fingerprint density at radius 2 is 1.82 bits per heavy atom. The first kappa shape index (κ1) is 17.0. The van der Waals surface area contributed by atoms with Gasteiger partial charge in [0.1, 0.15) is 13.2 Å². The van der Waals surface area contributed by atoms with Crippen LogP contribution in [0.15, 0.2) is 59.6 Å². The number of hydrogen-bond donors (Lipinski definition) is 0. The Hall–Kier alpha value is -3.12. The predicted octanol–water partition coefficient (Wildman–Crippen LogP) is 4.39. The van der Waals surface area contributed by atoms with E-state index in [9.17, 15) is 4.79 Å². The maximum Gasteiger partial charge on any atom is 0.280 e. The molecule has 5 nitrogen and oxygen atoms in total. The van der Waals surface area contributed by atoms with Crippen molar-refractivity contribution in [2.75, 3.05) is 13.2 Å². The third kappa shape index (κ3) is 2.77. The van der Waals surface area contributed by atoms with Crippen LogP contribution in [0.5, 0.6) is 11.5 Å². The summed E-state index contributed by atoms with van der Waals surface area (Å²) in [7, 11) is 0. The number of aryl methyl sites for hydroxylation is 1. The number of carbonyl (C=O) groups is 1. The number of nitrogens with zero attached hydrogens (tertiary/aromatic N) is 2. The van der Waals surface area contributed by atoms with Crippen molar-refractivity contribution in [3.63, 3.8) is 0 Å². The molecule has 0 saturated carbocycles. The minimum atomic E-state index is -0.234. The molecular weight excluding hydrogens is 372 g/mol. The molecule has 4 aromatic rings. The van der Waals surface area contributed by atoms with Gasteiger partial charge in [0.15, 0.2) is 16.3 Å². The summed E-state index contributed by atoms with van der Waals surface area (Å²) >= 11 is 1.49. The van der Waals surface area contributed by atoms with Crippen LogP contribution in [0.1, 0.15) is 17.3 Å². The highest BCUT2D eigenvalue weighted by molar-refractivity contribution is 7.16. The first-order valence-corrected chi connectivity index (χ1v) is 10.1. The number of amides is 1. The van der Waals surface area contributed by atoms with E-state index in [1.807, 2.05) is 66.1 Å². The molecule has 1 aromatic heterocycles. The average Bonchev–Trinajstić information content (AvgIpc) is 3.07. The highest BCUT2D eigenvalue weighted by atomic mass is 32.1. The molecule has 0 atom stereocenters. The van der Waals surface area contributed by atoms with Crippen LogP contribution in [0.4, 0.5) is 0 Å². The maximum absolute atomic E-state index is 13.0. The maximum atomic E-state index is 13.0. The number of rotatable bonds is 2. The summed E-state index contributed by atoms with van der Waals surface area (Å²) < 4.78 is 14.5. The SMILES string of the molecule is CCn1c(=NC(=O)c2cccc3ccccc23)sc2cc3c(cc21)OCCO3. The molecule has 6 heteroatoms. The van der Waals surface area contributed by atoms with Crippen LogP contribution in [0, 0.1) is 0 Å². The largest absolute Gasteiger partial charge is 0.486 e. The first-order valence-electron chi connectivity index (χ1n) is 9.24. The van der Waals surface area contributed by atoms with Gasteiger partial charge >= 0.3 is 0 Å². The van der Waals surface area contributed by atoms with Gasteiger partial charge in [-0.2, -0.15) is 4.99 Å². The standard InChI is InChI=1S/C22H18N2O3S/c1-2-24-17-12-18-19(27-11-10-26-18)13-20(17)28-22(24)23-21(25)16-9-5-7-14-6-3-4-8-15(14)16/h3-9,12-13H,2,10-11H2,1H3. The van der Waals surface area contributed by atoms with Crippen molar-refractivity contribution in [1.82, 2.24) is 4.57 Å². The molecule has 0 fully saturated rings. The third-order valence-corrected chi connectivity index (χ3v) is 5.92. The number of ether oxygens (including phenoxy) is 2. The second-order valence-corrected chi connectivity index (χ2v) is 7.55. The Morgan fingerprint density at radius 3 is 2.64 bits per heavy atom. The zero-order chi connectivity index (χ0) is 19.1.